The summed E-state index contributed by atoms with van der Waals surface area (Å²) in [6.07, 6.45) is 1.30. The molecule has 0 aliphatic rings. The highest BCUT2D eigenvalue weighted by Crippen LogP contribution is 2.28. The van der Waals surface area contributed by atoms with Crippen molar-refractivity contribution in [2.45, 2.75) is 12.8 Å². The first kappa shape index (κ1) is 16.6. The Morgan fingerprint density at radius 2 is 1.64 bits per heavy atom. The zero-order valence-corrected chi connectivity index (χ0v) is 13.1. The third kappa shape index (κ3) is 3.65. The van der Waals surface area contributed by atoms with E-state index in [0.29, 0.717) is 22.8 Å². The van der Waals surface area contributed by atoms with Gasteiger partial charge in [0.2, 0.25) is 0 Å². The number of benzene rings is 2. The Kier molecular flexibility index (Phi) is 4.22. The number of carboxylic acid groups (broad SMARTS) is 1. The van der Waals surface area contributed by atoms with Crippen LogP contribution in [0.1, 0.15) is 22.8 Å². The van der Waals surface area contributed by atoms with Gasteiger partial charge in [-0.2, -0.15) is 0 Å². The molecule has 0 saturated carbocycles. The Morgan fingerprint density at radius 3 is 2.24 bits per heavy atom. The van der Waals surface area contributed by atoms with Crippen LogP contribution in [0.5, 0.6) is 0 Å². The van der Waals surface area contributed by atoms with Crippen molar-refractivity contribution in [3.63, 3.8) is 0 Å². The average Bonchev–Trinajstić information content (AvgIpc) is 2.61. The first-order valence-electron chi connectivity index (χ1n) is 7.36. The minimum atomic E-state index is -2.92. The molecule has 7 heteroatoms. The van der Waals surface area contributed by atoms with Crippen molar-refractivity contribution in [2.24, 2.45) is 0 Å². The van der Waals surface area contributed by atoms with Crippen molar-refractivity contribution < 1.29 is 18.7 Å². The number of alkyl halides is 2. The summed E-state index contributed by atoms with van der Waals surface area (Å²) in [5.74, 6) is -3.35. The lowest BCUT2D eigenvalue weighted by atomic mass is 10.1. The van der Waals surface area contributed by atoms with E-state index in [9.17, 15) is 13.6 Å². The summed E-state index contributed by atoms with van der Waals surface area (Å²) >= 11 is 0. The zero-order valence-electron chi connectivity index (χ0n) is 13.1. The molecular weight excluding hydrogens is 328 g/mol. The Morgan fingerprint density at radius 1 is 1.00 bits per heavy atom. The molecule has 0 spiro atoms. The third-order valence-electron chi connectivity index (χ3n) is 3.59. The molecule has 2 aromatic carbocycles. The largest absolute Gasteiger partial charge is 0.478 e. The molecule has 0 saturated heterocycles. The van der Waals surface area contributed by atoms with E-state index in [1.165, 1.54) is 42.7 Å². The Balaban J connectivity index is 1.97. The highest BCUT2D eigenvalue weighted by atomic mass is 19.3. The fourth-order valence-electron chi connectivity index (χ4n) is 2.28. The number of halogens is 2. The molecule has 0 fully saturated rings. The minimum absolute atomic E-state index is 0.0975. The number of hydrogen-bond donors (Lipinski definition) is 1. The zero-order chi connectivity index (χ0) is 18.0. The summed E-state index contributed by atoms with van der Waals surface area (Å²) in [7, 11) is 0. The van der Waals surface area contributed by atoms with Crippen molar-refractivity contribution >= 4 is 5.97 Å². The number of aromatic nitrogens is 3. The summed E-state index contributed by atoms with van der Waals surface area (Å²) < 4.78 is 26.6. The summed E-state index contributed by atoms with van der Waals surface area (Å²) in [6, 6.07) is 11.9. The van der Waals surface area contributed by atoms with Crippen LogP contribution in [0.25, 0.3) is 22.8 Å². The van der Waals surface area contributed by atoms with Crippen LogP contribution in [0.15, 0.2) is 54.9 Å². The summed E-state index contributed by atoms with van der Waals surface area (Å²) in [5, 5.41) is 9.07. The van der Waals surface area contributed by atoms with Crippen molar-refractivity contribution in [3.8, 4) is 22.8 Å². The number of hydrogen-bond acceptors (Lipinski definition) is 4. The maximum atomic E-state index is 13.3. The molecule has 0 radical (unpaired) electrons. The van der Waals surface area contributed by atoms with Gasteiger partial charge < -0.3 is 5.11 Å². The van der Waals surface area contributed by atoms with Crippen LogP contribution in [0.3, 0.4) is 0 Å². The summed E-state index contributed by atoms with van der Waals surface area (Å²) in [6.45, 7) is 0.832. The van der Waals surface area contributed by atoms with Crippen LogP contribution in [0, 0.1) is 0 Å². The van der Waals surface area contributed by atoms with Crippen LogP contribution in [0.4, 0.5) is 8.78 Å². The lowest BCUT2D eigenvalue weighted by Crippen LogP contribution is -2.06. The van der Waals surface area contributed by atoms with Crippen LogP contribution in [0.2, 0.25) is 0 Å². The van der Waals surface area contributed by atoms with Crippen LogP contribution < -0.4 is 0 Å². The molecule has 0 amide bonds. The van der Waals surface area contributed by atoms with E-state index in [2.05, 4.69) is 15.0 Å². The lowest BCUT2D eigenvalue weighted by molar-refractivity contribution is 0.0175. The van der Waals surface area contributed by atoms with E-state index >= 15 is 0 Å². The van der Waals surface area contributed by atoms with Crippen LogP contribution >= 0.6 is 0 Å². The van der Waals surface area contributed by atoms with Gasteiger partial charge in [0.25, 0.3) is 5.92 Å². The minimum Gasteiger partial charge on any atom is -0.478 e. The lowest BCUT2D eigenvalue weighted by Gasteiger charge is -2.10. The molecule has 0 aliphatic heterocycles. The van der Waals surface area contributed by atoms with Crippen molar-refractivity contribution in [1.29, 1.82) is 0 Å². The molecule has 0 bridgehead atoms. The quantitative estimate of drug-likeness (QED) is 0.776. The smallest absolute Gasteiger partial charge is 0.335 e. The van der Waals surface area contributed by atoms with Crippen molar-refractivity contribution in [1.82, 2.24) is 15.0 Å². The maximum Gasteiger partial charge on any atom is 0.335 e. The van der Waals surface area contributed by atoms with Crippen LogP contribution in [-0.4, -0.2) is 26.0 Å². The van der Waals surface area contributed by atoms with E-state index in [0.717, 1.165) is 6.92 Å². The second-order valence-corrected chi connectivity index (χ2v) is 5.48. The van der Waals surface area contributed by atoms with Gasteiger partial charge in [-0.25, -0.2) is 28.5 Å². The molecule has 3 rings (SSSR count). The van der Waals surface area contributed by atoms with Gasteiger partial charge in [0.05, 0.1) is 5.56 Å². The Labute approximate surface area is 142 Å². The molecule has 0 unspecified atom stereocenters. The molecule has 3 aromatic rings. The van der Waals surface area contributed by atoms with Crippen molar-refractivity contribution in [2.75, 3.05) is 0 Å². The van der Waals surface area contributed by atoms with Gasteiger partial charge >= 0.3 is 5.97 Å². The van der Waals surface area contributed by atoms with Gasteiger partial charge in [-0.3, -0.25) is 0 Å². The topological polar surface area (TPSA) is 76.0 Å². The summed E-state index contributed by atoms with van der Waals surface area (Å²) in [5.41, 5.74) is 1.11. The third-order valence-corrected chi connectivity index (χ3v) is 3.59. The van der Waals surface area contributed by atoms with E-state index in [1.807, 2.05) is 0 Å². The molecule has 1 aromatic heterocycles. The van der Waals surface area contributed by atoms with E-state index < -0.39 is 11.9 Å². The molecule has 126 valence electrons. The first-order chi connectivity index (χ1) is 11.8. The predicted molar refractivity (Wildman–Crippen MR) is 87.2 cm³/mol. The molecule has 1 heterocycles. The fraction of sp³-hybridized carbons (Fsp3) is 0.111. The number of carboxylic acids is 1. The predicted octanol–water partition coefficient (Wildman–Crippen LogP) is 4.02. The van der Waals surface area contributed by atoms with Gasteiger partial charge in [-0.15, -0.1) is 0 Å². The van der Waals surface area contributed by atoms with Crippen LogP contribution in [-0.2, 0) is 5.92 Å². The van der Waals surface area contributed by atoms with Gasteiger partial charge in [0.15, 0.2) is 11.6 Å². The van der Waals surface area contributed by atoms with Gasteiger partial charge in [0, 0.05) is 23.6 Å². The molecular formula is C18H13F2N3O2. The van der Waals surface area contributed by atoms with E-state index in [-0.39, 0.29) is 11.1 Å². The highest BCUT2D eigenvalue weighted by Gasteiger charge is 2.23. The average molecular weight is 341 g/mol. The number of rotatable bonds is 4. The molecule has 5 nitrogen and oxygen atoms in total. The van der Waals surface area contributed by atoms with E-state index in [4.69, 9.17) is 5.11 Å². The second kappa shape index (κ2) is 6.35. The summed E-state index contributed by atoms with van der Waals surface area (Å²) in [4.78, 5) is 23.5. The molecule has 0 atom stereocenters. The van der Waals surface area contributed by atoms with Gasteiger partial charge in [-0.1, -0.05) is 36.4 Å². The number of aromatic carboxylic acids is 1. The SMILES string of the molecule is CC(F)(F)c1ccc(-c2ncnc(-c3cccc(C(=O)O)c3)n2)cc1. The first-order valence-corrected chi connectivity index (χ1v) is 7.36. The van der Waals surface area contributed by atoms with Gasteiger partial charge in [-0.05, 0) is 12.1 Å². The van der Waals surface area contributed by atoms with Crippen molar-refractivity contribution in [3.05, 3.63) is 66.0 Å². The molecule has 1 N–H and O–H groups in total. The maximum absolute atomic E-state index is 13.3. The normalized spacial score (nSPS) is 11.3. The van der Waals surface area contributed by atoms with E-state index in [1.54, 1.807) is 12.1 Å². The standard InChI is InChI=1S/C18H13F2N3O2/c1-18(19,20)14-7-5-11(6-8-14)15-21-10-22-16(23-15)12-3-2-4-13(9-12)17(24)25/h2-10H,1H3,(H,24,25). The Bertz CT molecular complexity index is 922. The number of nitrogens with zero attached hydrogens (tertiary/aromatic N) is 3. The van der Waals surface area contributed by atoms with Gasteiger partial charge in [0.1, 0.15) is 6.33 Å². The Hall–Kier alpha value is -3.22. The second-order valence-electron chi connectivity index (χ2n) is 5.48. The fourth-order valence-corrected chi connectivity index (χ4v) is 2.28. The molecule has 25 heavy (non-hydrogen) atoms. The monoisotopic (exact) mass is 341 g/mol. The highest BCUT2D eigenvalue weighted by molar-refractivity contribution is 5.89. The molecule has 0 aliphatic carbocycles. The number of carbonyl (C=O) groups is 1.